The Hall–Kier alpha value is -1.84. The molecule has 0 unspecified atom stereocenters. The largest absolute Gasteiger partial charge is 0.456 e. The van der Waals surface area contributed by atoms with E-state index in [4.69, 9.17) is 4.74 Å². The van der Waals surface area contributed by atoms with Gasteiger partial charge in [0.1, 0.15) is 0 Å². The standard InChI is InChI=1S/C22H29NO3/c1-14-4-3-5-15(2)21(14)23-19(24)13-26-20(25)12-22-9-16-6-17(10-22)8-18(7-16)11-22/h3-5,16-18H,6-13H2,1-2H3,(H,23,24). The van der Waals surface area contributed by atoms with E-state index in [2.05, 4.69) is 5.32 Å². The molecule has 4 nitrogen and oxygen atoms in total. The van der Waals surface area contributed by atoms with Gasteiger partial charge in [0.15, 0.2) is 6.61 Å². The van der Waals surface area contributed by atoms with E-state index in [9.17, 15) is 9.59 Å². The van der Waals surface area contributed by atoms with Gasteiger partial charge in [0.05, 0.1) is 6.42 Å². The maximum atomic E-state index is 12.4. The number of benzene rings is 1. The first-order valence-corrected chi connectivity index (χ1v) is 9.94. The van der Waals surface area contributed by atoms with E-state index in [0.717, 1.165) is 34.6 Å². The number of para-hydroxylation sites is 1. The zero-order chi connectivity index (χ0) is 18.3. The van der Waals surface area contributed by atoms with Crippen LogP contribution in [-0.4, -0.2) is 18.5 Å². The van der Waals surface area contributed by atoms with Gasteiger partial charge >= 0.3 is 5.97 Å². The van der Waals surface area contributed by atoms with Crippen molar-refractivity contribution in [3.05, 3.63) is 29.3 Å². The van der Waals surface area contributed by atoms with E-state index in [-0.39, 0.29) is 23.9 Å². The zero-order valence-corrected chi connectivity index (χ0v) is 15.8. The molecule has 0 aliphatic heterocycles. The molecule has 1 aromatic rings. The second-order valence-electron chi connectivity index (χ2n) is 9.07. The maximum absolute atomic E-state index is 12.4. The van der Waals surface area contributed by atoms with Crippen LogP contribution >= 0.6 is 0 Å². The summed E-state index contributed by atoms with van der Waals surface area (Å²) in [5.41, 5.74) is 3.00. The van der Waals surface area contributed by atoms with Crippen LogP contribution in [0.4, 0.5) is 5.69 Å². The summed E-state index contributed by atoms with van der Waals surface area (Å²) in [5.74, 6) is 1.99. The monoisotopic (exact) mass is 355 g/mol. The minimum atomic E-state index is -0.263. The number of ether oxygens (including phenoxy) is 1. The number of hydrogen-bond donors (Lipinski definition) is 1. The first-order chi connectivity index (χ1) is 12.4. The second kappa shape index (κ2) is 6.71. The lowest BCUT2D eigenvalue weighted by Crippen LogP contribution is -2.47. The van der Waals surface area contributed by atoms with Gasteiger partial charge in [-0.3, -0.25) is 9.59 Å². The van der Waals surface area contributed by atoms with E-state index in [0.29, 0.717) is 6.42 Å². The minimum absolute atomic E-state index is 0.162. The lowest BCUT2D eigenvalue weighted by Gasteiger charge is -2.56. The number of amides is 1. The third-order valence-corrected chi connectivity index (χ3v) is 6.79. The van der Waals surface area contributed by atoms with Gasteiger partial charge in [-0.2, -0.15) is 0 Å². The van der Waals surface area contributed by atoms with Crippen molar-refractivity contribution in [3.8, 4) is 0 Å². The summed E-state index contributed by atoms with van der Waals surface area (Å²) in [6, 6.07) is 5.88. The summed E-state index contributed by atoms with van der Waals surface area (Å²) in [7, 11) is 0. The molecule has 140 valence electrons. The first kappa shape index (κ1) is 17.6. The predicted octanol–water partition coefficient (Wildman–Crippen LogP) is 4.39. The van der Waals surface area contributed by atoms with E-state index >= 15 is 0 Å². The molecule has 4 heteroatoms. The normalized spacial score (nSPS) is 31.7. The van der Waals surface area contributed by atoms with E-state index in [1.807, 2.05) is 32.0 Å². The molecule has 0 atom stereocenters. The lowest BCUT2D eigenvalue weighted by molar-refractivity contribution is -0.154. The van der Waals surface area contributed by atoms with Gasteiger partial charge in [-0.05, 0) is 86.7 Å². The van der Waals surface area contributed by atoms with E-state index in [1.165, 1.54) is 38.5 Å². The van der Waals surface area contributed by atoms with Gasteiger partial charge in [0.25, 0.3) is 5.91 Å². The molecule has 1 aromatic carbocycles. The molecule has 4 saturated carbocycles. The maximum Gasteiger partial charge on any atom is 0.306 e. The van der Waals surface area contributed by atoms with Crippen LogP contribution in [0.2, 0.25) is 0 Å². The van der Waals surface area contributed by atoms with Gasteiger partial charge in [-0.25, -0.2) is 0 Å². The van der Waals surface area contributed by atoms with Gasteiger partial charge in [-0.1, -0.05) is 18.2 Å². The number of anilines is 1. The fraction of sp³-hybridized carbons (Fsp3) is 0.636. The predicted molar refractivity (Wildman–Crippen MR) is 101 cm³/mol. The molecular weight excluding hydrogens is 326 g/mol. The SMILES string of the molecule is Cc1cccc(C)c1NC(=O)COC(=O)CC12CC3CC(CC(C3)C1)C2. The molecule has 26 heavy (non-hydrogen) atoms. The smallest absolute Gasteiger partial charge is 0.306 e. The summed E-state index contributed by atoms with van der Waals surface area (Å²) in [5, 5.41) is 2.88. The van der Waals surface area contributed by atoms with Crippen molar-refractivity contribution < 1.29 is 14.3 Å². The van der Waals surface area contributed by atoms with Gasteiger partial charge in [-0.15, -0.1) is 0 Å². The Balaban J connectivity index is 1.30. The molecule has 4 aliphatic rings. The Kier molecular flexibility index (Phi) is 4.54. The summed E-state index contributed by atoms with van der Waals surface area (Å²) in [4.78, 5) is 24.6. The van der Waals surface area contributed by atoms with Gasteiger partial charge in [0, 0.05) is 5.69 Å². The van der Waals surface area contributed by atoms with Crippen molar-refractivity contribution in [3.63, 3.8) is 0 Å². The number of nitrogens with one attached hydrogen (secondary N) is 1. The van der Waals surface area contributed by atoms with Crippen LogP contribution < -0.4 is 5.32 Å². The van der Waals surface area contributed by atoms with Gasteiger partial charge < -0.3 is 10.1 Å². The molecule has 0 aromatic heterocycles. The lowest BCUT2D eigenvalue weighted by atomic mass is 9.49. The summed E-state index contributed by atoms with van der Waals surface area (Å²) < 4.78 is 5.34. The summed E-state index contributed by atoms with van der Waals surface area (Å²) in [6.45, 7) is 3.72. The van der Waals surface area contributed by atoms with Crippen molar-refractivity contribution in [1.29, 1.82) is 0 Å². The Morgan fingerprint density at radius 3 is 2.12 bits per heavy atom. The Morgan fingerprint density at radius 2 is 1.58 bits per heavy atom. The van der Waals surface area contributed by atoms with Crippen LogP contribution in [0.25, 0.3) is 0 Å². The van der Waals surface area contributed by atoms with Crippen LogP contribution in [0.5, 0.6) is 0 Å². The topological polar surface area (TPSA) is 55.4 Å². The highest BCUT2D eigenvalue weighted by Crippen LogP contribution is 2.61. The quantitative estimate of drug-likeness (QED) is 0.797. The third-order valence-electron chi connectivity index (χ3n) is 6.79. The molecule has 4 aliphatic carbocycles. The van der Waals surface area contributed by atoms with E-state index in [1.54, 1.807) is 0 Å². The summed E-state index contributed by atoms with van der Waals surface area (Å²) in [6.07, 6.45) is 8.15. The molecule has 4 bridgehead atoms. The molecular formula is C22H29NO3. The van der Waals surface area contributed by atoms with Crippen molar-refractivity contribution >= 4 is 17.6 Å². The average molecular weight is 355 g/mol. The fourth-order valence-electron chi connectivity index (χ4n) is 6.20. The van der Waals surface area contributed by atoms with Crippen LogP contribution in [-0.2, 0) is 14.3 Å². The van der Waals surface area contributed by atoms with Crippen molar-refractivity contribution in [2.24, 2.45) is 23.2 Å². The molecule has 0 spiro atoms. The van der Waals surface area contributed by atoms with Crippen molar-refractivity contribution in [2.75, 3.05) is 11.9 Å². The van der Waals surface area contributed by atoms with Crippen LogP contribution in [0.3, 0.4) is 0 Å². The zero-order valence-electron chi connectivity index (χ0n) is 15.8. The Bertz CT molecular complexity index is 669. The van der Waals surface area contributed by atoms with Crippen LogP contribution in [0, 0.1) is 37.0 Å². The molecule has 0 saturated heterocycles. The first-order valence-electron chi connectivity index (χ1n) is 9.94. The molecule has 1 N–H and O–H groups in total. The molecule has 0 radical (unpaired) electrons. The number of carbonyl (C=O) groups excluding carboxylic acids is 2. The van der Waals surface area contributed by atoms with Crippen molar-refractivity contribution in [1.82, 2.24) is 0 Å². The average Bonchev–Trinajstić information content (AvgIpc) is 2.55. The highest BCUT2D eigenvalue weighted by Gasteiger charge is 2.51. The summed E-state index contributed by atoms with van der Waals surface area (Å²) >= 11 is 0. The fourth-order valence-corrected chi connectivity index (χ4v) is 6.20. The number of rotatable bonds is 5. The molecule has 0 heterocycles. The number of hydrogen-bond acceptors (Lipinski definition) is 3. The van der Waals surface area contributed by atoms with Crippen molar-refractivity contribution in [2.45, 2.75) is 58.8 Å². The Morgan fingerprint density at radius 1 is 1.04 bits per heavy atom. The van der Waals surface area contributed by atoms with Crippen LogP contribution in [0.1, 0.15) is 56.1 Å². The number of esters is 1. The third kappa shape index (κ3) is 3.51. The van der Waals surface area contributed by atoms with E-state index < -0.39 is 0 Å². The number of aryl methyl sites for hydroxylation is 2. The van der Waals surface area contributed by atoms with Crippen LogP contribution in [0.15, 0.2) is 18.2 Å². The molecule has 4 fully saturated rings. The molecule has 5 rings (SSSR count). The number of carbonyl (C=O) groups is 2. The highest BCUT2D eigenvalue weighted by atomic mass is 16.5. The molecule has 1 amide bonds. The highest BCUT2D eigenvalue weighted by molar-refractivity contribution is 5.94. The Labute approximate surface area is 155 Å². The second-order valence-corrected chi connectivity index (χ2v) is 9.07. The minimum Gasteiger partial charge on any atom is -0.456 e. The van der Waals surface area contributed by atoms with Gasteiger partial charge in [0.2, 0.25) is 0 Å².